The first-order valence-electron chi connectivity index (χ1n) is 7.77. The van der Waals surface area contributed by atoms with Crippen molar-refractivity contribution < 1.29 is 0 Å². The average molecular weight is 337 g/mol. The zero-order valence-electron chi connectivity index (χ0n) is 13.4. The summed E-state index contributed by atoms with van der Waals surface area (Å²) in [6, 6.07) is 18.3. The molecule has 0 aliphatic carbocycles. The molecular formula is C19H17ClN4. The van der Waals surface area contributed by atoms with Crippen LogP contribution in [0.3, 0.4) is 0 Å². The molecule has 1 unspecified atom stereocenters. The molecule has 1 heterocycles. The standard InChI is InChI=1S/C19H17ClN4/c1-2-19(11-21,12-24-14-22-13-23-24)17-7-3-15(4-8-17)16-5-9-18(20)10-6-16/h3-10,13-14H,2,12H2,1H3. The fourth-order valence-corrected chi connectivity index (χ4v) is 2.93. The zero-order valence-corrected chi connectivity index (χ0v) is 14.1. The van der Waals surface area contributed by atoms with Crippen LogP contribution in [0.25, 0.3) is 11.1 Å². The first kappa shape index (κ1) is 16.2. The van der Waals surface area contributed by atoms with Crippen LogP contribution >= 0.6 is 11.6 Å². The predicted molar refractivity (Wildman–Crippen MR) is 94.5 cm³/mol. The fraction of sp³-hybridized carbons (Fsp3) is 0.211. The van der Waals surface area contributed by atoms with Gasteiger partial charge in [0.1, 0.15) is 18.1 Å². The summed E-state index contributed by atoms with van der Waals surface area (Å²) in [4.78, 5) is 3.96. The zero-order chi connectivity index (χ0) is 17.0. The highest BCUT2D eigenvalue weighted by atomic mass is 35.5. The Morgan fingerprint density at radius 2 is 1.71 bits per heavy atom. The lowest BCUT2D eigenvalue weighted by molar-refractivity contribution is 0.416. The first-order valence-corrected chi connectivity index (χ1v) is 8.15. The third kappa shape index (κ3) is 3.17. The van der Waals surface area contributed by atoms with Gasteiger partial charge in [0.25, 0.3) is 0 Å². The number of benzene rings is 2. The van der Waals surface area contributed by atoms with Gasteiger partial charge in [0.05, 0.1) is 12.6 Å². The van der Waals surface area contributed by atoms with Gasteiger partial charge >= 0.3 is 0 Å². The monoisotopic (exact) mass is 336 g/mol. The van der Waals surface area contributed by atoms with E-state index in [1.807, 2.05) is 55.5 Å². The normalized spacial score (nSPS) is 13.2. The second-order valence-corrected chi connectivity index (χ2v) is 6.16. The molecule has 0 amide bonds. The Morgan fingerprint density at radius 3 is 2.21 bits per heavy atom. The van der Waals surface area contributed by atoms with Crippen LogP contribution in [0.2, 0.25) is 5.02 Å². The van der Waals surface area contributed by atoms with Gasteiger partial charge in [-0.05, 0) is 35.2 Å². The van der Waals surface area contributed by atoms with Gasteiger partial charge in [0, 0.05) is 5.02 Å². The largest absolute Gasteiger partial charge is 0.251 e. The maximum atomic E-state index is 9.82. The summed E-state index contributed by atoms with van der Waals surface area (Å²) in [5, 5.41) is 14.7. The van der Waals surface area contributed by atoms with E-state index in [9.17, 15) is 5.26 Å². The van der Waals surface area contributed by atoms with Crippen LogP contribution in [0.1, 0.15) is 18.9 Å². The van der Waals surface area contributed by atoms with Crippen LogP contribution in [-0.2, 0) is 12.0 Å². The second-order valence-electron chi connectivity index (χ2n) is 5.72. The van der Waals surface area contributed by atoms with Crippen LogP contribution in [0.15, 0.2) is 61.2 Å². The summed E-state index contributed by atoms with van der Waals surface area (Å²) >= 11 is 5.94. The lowest BCUT2D eigenvalue weighted by Crippen LogP contribution is -2.29. The lowest BCUT2D eigenvalue weighted by atomic mass is 9.79. The van der Waals surface area contributed by atoms with Crippen molar-refractivity contribution in [2.45, 2.75) is 25.3 Å². The highest BCUT2D eigenvalue weighted by molar-refractivity contribution is 6.30. The molecule has 24 heavy (non-hydrogen) atoms. The minimum absolute atomic E-state index is 0.486. The van der Waals surface area contributed by atoms with Crippen molar-refractivity contribution in [3.63, 3.8) is 0 Å². The number of halogens is 1. The Labute approximate surface area is 146 Å². The van der Waals surface area contributed by atoms with Crippen molar-refractivity contribution in [2.24, 2.45) is 0 Å². The number of hydrogen-bond acceptors (Lipinski definition) is 3. The molecule has 0 bridgehead atoms. The lowest BCUT2D eigenvalue weighted by Gasteiger charge is -2.25. The maximum Gasteiger partial charge on any atom is 0.137 e. The number of nitriles is 1. The van der Waals surface area contributed by atoms with E-state index in [1.165, 1.54) is 6.33 Å². The van der Waals surface area contributed by atoms with Crippen molar-refractivity contribution in [1.29, 1.82) is 5.26 Å². The predicted octanol–water partition coefficient (Wildman–Crippen LogP) is 4.47. The third-order valence-corrected chi connectivity index (χ3v) is 4.58. The van der Waals surface area contributed by atoms with E-state index in [0.29, 0.717) is 13.0 Å². The average Bonchev–Trinajstić information content (AvgIpc) is 3.14. The van der Waals surface area contributed by atoms with E-state index in [-0.39, 0.29) is 0 Å². The number of hydrogen-bond donors (Lipinski definition) is 0. The third-order valence-electron chi connectivity index (χ3n) is 4.33. The van der Waals surface area contributed by atoms with E-state index in [1.54, 1.807) is 11.0 Å². The smallest absolute Gasteiger partial charge is 0.137 e. The van der Waals surface area contributed by atoms with Crippen LogP contribution in [0, 0.1) is 11.3 Å². The van der Waals surface area contributed by atoms with Crippen molar-refractivity contribution in [1.82, 2.24) is 14.8 Å². The Morgan fingerprint density at radius 1 is 1.08 bits per heavy atom. The molecule has 0 saturated heterocycles. The summed E-state index contributed by atoms with van der Waals surface area (Å²) < 4.78 is 1.71. The van der Waals surface area contributed by atoms with Gasteiger partial charge < -0.3 is 0 Å². The topological polar surface area (TPSA) is 54.5 Å². The van der Waals surface area contributed by atoms with Gasteiger partial charge in [0.2, 0.25) is 0 Å². The molecule has 1 atom stereocenters. The molecule has 3 rings (SSSR count). The molecule has 0 spiro atoms. The molecular weight excluding hydrogens is 320 g/mol. The van der Waals surface area contributed by atoms with Gasteiger partial charge in [-0.3, -0.25) is 4.68 Å². The second kappa shape index (κ2) is 6.86. The van der Waals surface area contributed by atoms with E-state index >= 15 is 0 Å². The number of nitrogens with zero attached hydrogens (tertiary/aromatic N) is 4. The molecule has 0 saturated carbocycles. The molecule has 0 fully saturated rings. The number of aromatic nitrogens is 3. The van der Waals surface area contributed by atoms with E-state index in [0.717, 1.165) is 21.7 Å². The van der Waals surface area contributed by atoms with Crippen LogP contribution in [-0.4, -0.2) is 14.8 Å². The number of rotatable bonds is 5. The summed E-state index contributed by atoms with van der Waals surface area (Å²) in [6.07, 6.45) is 3.83. The van der Waals surface area contributed by atoms with Gasteiger partial charge in [-0.15, -0.1) is 0 Å². The summed E-state index contributed by atoms with van der Waals surface area (Å²) in [6.45, 7) is 2.51. The fourth-order valence-electron chi connectivity index (χ4n) is 2.80. The molecule has 0 aliphatic rings. The van der Waals surface area contributed by atoms with Gasteiger partial charge in [0.15, 0.2) is 0 Å². The molecule has 1 aromatic heterocycles. The molecule has 120 valence electrons. The van der Waals surface area contributed by atoms with E-state index in [2.05, 4.69) is 16.2 Å². The Balaban J connectivity index is 1.92. The molecule has 5 heteroatoms. The molecule has 3 aromatic rings. The Bertz CT molecular complexity index is 833. The van der Waals surface area contributed by atoms with Crippen LogP contribution < -0.4 is 0 Å². The van der Waals surface area contributed by atoms with Crippen molar-refractivity contribution in [2.75, 3.05) is 0 Å². The Hall–Kier alpha value is -2.64. The Kier molecular flexibility index (Phi) is 4.64. The summed E-state index contributed by atoms with van der Waals surface area (Å²) in [5.74, 6) is 0. The minimum Gasteiger partial charge on any atom is -0.251 e. The van der Waals surface area contributed by atoms with Crippen LogP contribution in [0.5, 0.6) is 0 Å². The highest BCUT2D eigenvalue weighted by Gasteiger charge is 2.31. The van der Waals surface area contributed by atoms with Gasteiger partial charge in [-0.2, -0.15) is 10.4 Å². The highest BCUT2D eigenvalue weighted by Crippen LogP contribution is 2.31. The molecule has 0 radical (unpaired) electrons. The summed E-state index contributed by atoms with van der Waals surface area (Å²) in [5.41, 5.74) is 2.56. The SMILES string of the molecule is CCC(C#N)(Cn1cncn1)c1ccc(-c2ccc(Cl)cc2)cc1. The molecule has 0 aliphatic heterocycles. The maximum absolute atomic E-state index is 9.82. The summed E-state index contributed by atoms with van der Waals surface area (Å²) in [7, 11) is 0. The van der Waals surface area contributed by atoms with Gasteiger partial charge in [-0.1, -0.05) is 54.9 Å². The molecule has 2 aromatic carbocycles. The van der Waals surface area contributed by atoms with Gasteiger partial charge in [-0.25, -0.2) is 4.98 Å². The minimum atomic E-state index is -0.619. The van der Waals surface area contributed by atoms with Crippen molar-refractivity contribution in [3.05, 3.63) is 71.8 Å². The molecule has 4 nitrogen and oxygen atoms in total. The quantitative estimate of drug-likeness (QED) is 0.690. The molecule has 0 N–H and O–H groups in total. The first-order chi connectivity index (χ1) is 11.7. The van der Waals surface area contributed by atoms with Crippen molar-refractivity contribution in [3.8, 4) is 17.2 Å². The van der Waals surface area contributed by atoms with Crippen molar-refractivity contribution >= 4 is 11.6 Å². The van der Waals surface area contributed by atoms with Crippen LogP contribution in [0.4, 0.5) is 0 Å². The van der Waals surface area contributed by atoms with E-state index < -0.39 is 5.41 Å². The van der Waals surface area contributed by atoms with E-state index in [4.69, 9.17) is 11.6 Å².